The minimum atomic E-state index is 0.541. The molecular formula is C17H35N5. The van der Waals surface area contributed by atoms with Crippen molar-refractivity contribution in [2.45, 2.75) is 51.5 Å². The largest absolute Gasteiger partial charge is 0.370 e. The number of rotatable bonds is 5. The van der Waals surface area contributed by atoms with Crippen LogP contribution in [0.3, 0.4) is 0 Å². The maximum Gasteiger partial charge on any atom is 0.188 e. The third-order valence-electron chi connectivity index (χ3n) is 4.95. The first-order valence-electron chi connectivity index (χ1n) is 9.11. The lowest BCUT2D eigenvalue weighted by Crippen LogP contribution is -2.46. The number of piperazine rings is 1. The van der Waals surface area contributed by atoms with Crippen molar-refractivity contribution in [3.63, 3.8) is 0 Å². The van der Waals surface area contributed by atoms with Crippen LogP contribution in [0.25, 0.3) is 0 Å². The van der Waals surface area contributed by atoms with E-state index in [4.69, 9.17) is 5.73 Å². The molecule has 5 nitrogen and oxygen atoms in total. The van der Waals surface area contributed by atoms with E-state index in [9.17, 15) is 0 Å². The molecule has 0 spiro atoms. The van der Waals surface area contributed by atoms with Crippen LogP contribution in [0.5, 0.6) is 0 Å². The molecule has 128 valence electrons. The fourth-order valence-corrected chi connectivity index (χ4v) is 3.46. The predicted molar refractivity (Wildman–Crippen MR) is 94.2 cm³/mol. The molecule has 0 aromatic heterocycles. The molecule has 0 radical (unpaired) electrons. The second-order valence-corrected chi connectivity index (χ2v) is 7.27. The van der Waals surface area contributed by atoms with Gasteiger partial charge in [0.2, 0.25) is 0 Å². The maximum atomic E-state index is 6.07. The Morgan fingerprint density at radius 2 is 1.77 bits per heavy atom. The van der Waals surface area contributed by atoms with Crippen molar-refractivity contribution in [3.05, 3.63) is 0 Å². The van der Waals surface area contributed by atoms with Gasteiger partial charge >= 0.3 is 0 Å². The number of nitrogens with one attached hydrogen (secondary N) is 1. The molecule has 1 saturated heterocycles. The van der Waals surface area contributed by atoms with Gasteiger partial charge in [0.1, 0.15) is 0 Å². The lowest BCUT2D eigenvalue weighted by molar-refractivity contribution is 0.140. The van der Waals surface area contributed by atoms with Gasteiger partial charge < -0.3 is 20.9 Å². The summed E-state index contributed by atoms with van der Waals surface area (Å²) < 4.78 is 0. The van der Waals surface area contributed by atoms with Crippen LogP contribution in [0.2, 0.25) is 0 Å². The molecule has 22 heavy (non-hydrogen) atoms. The van der Waals surface area contributed by atoms with Crippen LogP contribution in [-0.4, -0.2) is 68.1 Å². The molecule has 0 aromatic carbocycles. The molecule has 2 rings (SSSR count). The highest BCUT2D eigenvalue weighted by Gasteiger charge is 2.16. The Balaban J connectivity index is 1.65. The molecule has 1 aliphatic carbocycles. The van der Waals surface area contributed by atoms with Gasteiger partial charge in [0.15, 0.2) is 5.96 Å². The zero-order chi connectivity index (χ0) is 15.8. The normalized spacial score (nSPS) is 24.9. The topological polar surface area (TPSA) is 56.9 Å². The Kier molecular flexibility index (Phi) is 7.46. The summed E-state index contributed by atoms with van der Waals surface area (Å²) in [5.41, 5.74) is 6.07. The third-order valence-corrected chi connectivity index (χ3v) is 4.95. The summed E-state index contributed by atoms with van der Waals surface area (Å²) in [6.07, 6.45) is 7.88. The molecular weight excluding hydrogens is 274 g/mol. The number of guanidine groups is 1. The number of hydrogen-bond acceptors (Lipinski definition) is 3. The van der Waals surface area contributed by atoms with E-state index in [0.29, 0.717) is 17.9 Å². The van der Waals surface area contributed by atoms with Crippen LogP contribution in [0.4, 0.5) is 0 Å². The first-order valence-corrected chi connectivity index (χ1v) is 9.11. The van der Waals surface area contributed by atoms with Crippen LogP contribution < -0.4 is 11.1 Å². The standard InChI is InChI=1S/C17H35N5/c1-15(14-22-11-9-21(2)10-12-22)13-19-17(18)20-16-7-5-3-4-6-8-16/h15-16H,3-14H2,1-2H3,(H3,18,19,20). The molecule has 1 heterocycles. The summed E-state index contributed by atoms with van der Waals surface area (Å²) in [7, 11) is 2.20. The first-order chi connectivity index (χ1) is 10.6. The molecule has 1 atom stereocenters. The first kappa shape index (κ1) is 17.5. The summed E-state index contributed by atoms with van der Waals surface area (Å²) in [5, 5.41) is 3.43. The Morgan fingerprint density at radius 1 is 1.14 bits per heavy atom. The maximum absolute atomic E-state index is 6.07. The second kappa shape index (κ2) is 9.36. The number of nitrogens with two attached hydrogens (primary N) is 1. The van der Waals surface area contributed by atoms with Crippen molar-refractivity contribution in [1.29, 1.82) is 0 Å². The molecule has 2 aliphatic rings. The van der Waals surface area contributed by atoms with Gasteiger partial charge in [0, 0.05) is 45.3 Å². The van der Waals surface area contributed by atoms with Crippen LogP contribution >= 0.6 is 0 Å². The van der Waals surface area contributed by atoms with E-state index >= 15 is 0 Å². The van der Waals surface area contributed by atoms with E-state index in [1.54, 1.807) is 0 Å². The summed E-state index contributed by atoms with van der Waals surface area (Å²) in [6.45, 7) is 8.97. The molecule has 1 aliphatic heterocycles. The van der Waals surface area contributed by atoms with Crippen molar-refractivity contribution in [1.82, 2.24) is 15.1 Å². The van der Waals surface area contributed by atoms with Crippen molar-refractivity contribution in [3.8, 4) is 0 Å². The monoisotopic (exact) mass is 309 g/mol. The van der Waals surface area contributed by atoms with Crippen molar-refractivity contribution in [2.24, 2.45) is 16.6 Å². The van der Waals surface area contributed by atoms with Gasteiger partial charge in [-0.3, -0.25) is 4.99 Å². The number of likely N-dealkylation sites (N-methyl/N-ethyl adjacent to an activating group) is 1. The SMILES string of the molecule is CC(CN=C(N)NC1CCCCCC1)CN1CCN(C)CC1. The average molecular weight is 310 g/mol. The van der Waals surface area contributed by atoms with E-state index in [2.05, 4.69) is 34.1 Å². The van der Waals surface area contributed by atoms with E-state index in [1.807, 2.05) is 0 Å². The van der Waals surface area contributed by atoms with Crippen molar-refractivity contribution in [2.75, 3.05) is 46.3 Å². The highest BCUT2D eigenvalue weighted by atomic mass is 15.2. The number of hydrogen-bond donors (Lipinski definition) is 2. The number of aliphatic imine (C=N–C) groups is 1. The van der Waals surface area contributed by atoms with Crippen LogP contribution in [0.15, 0.2) is 4.99 Å². The molecule has 1 unspecified atom stereocenters. The molecule has 1 saturated carbocycles. The molecule has 0 aromatic rings. The molecule has 2 fully saturated rings. The zero-order valence-electron chi connectivity index (χ0n) is 14.6. The van der Waals surface area contributed by atoms with Gasteiger partial charge in [0.25, 0.3) is 0 Å². The summed E-state index contributed by atoms with van der Waals surface area (Å²) >= 11 is 0. The molecule has 0 bridgehead atoms. The second-order valence-electron chi connectivity index (χ2n) is 7.27. The molecule has 0 amide bonds. The fourth-order valence-electron chi connectivity index (χ4n) is 3.46. The number of nitrogens with zero attached hydrogens (tertiary/aromatic N) is 3. The summed E-state index contributed by atoms with van der Waals surface area (Å²) in [4.78, 5) is 9.52. The van der Waals surface area contributed by atoms with Gasteiger partial charge in [-0.15, -0.1) is 0 Å². The van der Waals surface area contributed by atoms with E-state index in [0.717, 1.165) is 13.1 Å². The van der Waals surface area contributed by atoms with Crippen LogP contribution in [0.1, 0.15) is 45.4 Å². The van der Waals surface area contributed by atoms with Gasteiger partial charge in [0.05, 0.1) is 0 Å². The average Bonchev–Trinajstić information content (AvgIpc) is 2.76. The highest BCUT2D eigenvalue weighted by molar-refractivity contribution is 5.78. The van der Waals surface area contributed by atoms with Gasteiger partial charge in [-0.2, -0.15) is 0 Å². The van der Waals surface area contributed by atoms with Gasteiger partial charge in [-0.05, 0) is 25.8 Å². The minimum Gasteiger partial charge on any atom is -0.370 e. The van der Waals surface area contributed by atoms with Crippen molar-refractivity contribution < 1.29 is 0 Å². The Morgan fingerprint density at radius 3 is 2.41 bits per heavy atom. The summed E-state index contributed by atoms with van der Waals surface area (Å²) in [5.74, 6) is 1.22. The van der Waals surface area contributed by atoms with E-state index in [1.165, 1.54) is 64.7 Å². The lowest BCUT2D eigenvalue weighted by atomic mass is 10.1. The lowest BCUT2D eigenvalue weighted by Gasteiger charge is -2.33. The van der Waals surface area contributed by atoms with Crippen LogP contribution in [-0.2, 0) is 0 Å². The smallest absolute Gasteiger partial charge is 0.188 e. The van der Waals surface area contributed by atoms with Gasteiger partial charge in [-0.1, -0.05) is 32.6 Å². The fraction of sp³-hybridized carbons (Fsp3) is 0.941. The summed E-state index contributed by atoms with van der Waals surface area (Å²) in [6, 6.07) is 0.541. The quantitative estimate of drug-likeness (QED) is 0.459. The van der Waals surface area contributed by atoms with Crippen LogP contribution in [0, 0.1) is 5.92 Å². The van der Waals surface area contributed by atoms with E-state index < -0.39 is 0 Å². The Labute approximate surface area is 136 Å². The zero-order valence-corrected chi connectivity index (χ0v) is 14.6. The van der Waals surface area contributed by atoms with Gasteiger partial charge in [-0.25, -0.2) is 0 Å². The Hall–Kier alpha value is -0.810. The van der Waals surface area contributed by atoms with E-state index in [-0.39, 0.29) is 0 Å². The predicted octanol–water partition coefficient (Wildman–Crippen LogP) is 1.50. The Bertz CT molecular complexity index is 328. The van der Waals surface area contributed by atoms with Crippen molar-refractivity contribution >= 4 is 5.96 Å². The molecule has 5 heteroatoms. The third kappa shape index (κ3) is 6.53. The highest BCUT2D eigenvalue weighted by Crippen LogP contribution is 2.16. The molecule has 3 N–H and O–H groups in total. The minimum absolute atomic E-state index is 0.541.